The van der Waals surface area contributed by atoms with Crippen LogP contribution in [0, 0.1) is 0 Å². The van der Waals surface area contributed by atoms with Crippen LogP contribution in [-0.2, 0) is 9.53 Å². The van der Waals surface area contributed by atoms with Gasteiger partial charge in [-0.15, -0.1) is 11.8 Å². The highest BCUT2D eigenvalue weighted by atomic mass is 32.2. The van der Waals surface area contributed by atoms with Crippen LogP contribution in [0.2, 0.25) is 0 Å². The second kappa shape index (κ2) is 8.83. The first-order chi connectivity index (χ1) is 8.76. The minimum atomic E-state index is 0.000243. The number of carbonyl (C=O) groups excluding carboxylic acids is 1. The van der Waals surface area contributed by atoms with Gasteiger partial charge in [0, 0.05) is 18.6 Å². The first kappa shape index (κ1) is 14.9. The molecule has 100 valence electrons. The molecule has 0 unspecified atom stereocenters. The van der Waals surface area contributed by atoms with E-state index in [1.165, 1.54) is 0 Å². The molecule has 0 saturated carbocycles. The molecular weight excluding hydrogens is 250 g/mol. The van der Waals surface area contributed by atoms with Gasteiger partial charge >= 0.3 is 0 Å². The third kappa shape index (κ3) is 5.93. The van der Waals surface area contributed by atoms with Crippen LogP contribution in [0.3, 0.4) is 0 Å². The molecule has 0 aliphatic carbocycles. The molecule has 4 nitrogen and oxygen atoms in total. The topological polar surface area (TPSA) is 47.6 Å². The Morgan fingerprint density at radius 3 is 2.67 bits per heavy atom. The van der Waals surface area contributed by atoms with Gasteiger partial charge in [-0.1, -0.05) is 0 Å². The summed E-state index contributed by atoms with van der Waals surface area (Å²) in [5.74, 6) is 2.08. The Hall–Kier alpha value is -1.20. The van der Waals surface area contributed by atoms with Crippen LogP contribution in [0.25, 0.3) is 0 Å². The molecule has 0 spiro atoms. The lowest BCUT2D eigenvalue weighted by molar-refractivity contribution is -0.113. The van der Waals surface area contributed by atoms with E-state index in [-0.39, 0.29) is 5.91 Å². The van der Waals surface area contributed by atoms with Crippen molar-refractivity contribution in [2.24, 2.45) is 0 Å². The van der Waals surface area contributed by atoms with Gasteiger partial charge in [0.25, 0.3) is 0 Å². The van der Waals surface area contributed by atoms with Gasteiger partial charge in [-0.3, -0.25) is 4.79 Å². The van der Waals surface area contributed by atoms with E-state index in [0.29, 0.717) is 19.0 Å². The van der Waals surface area contributed by atoms with Crippen LogP contribution < -0.4 is 10.1 Å². The van der Waals surface area contributed by atoms with Gasteiger partial charge < -0.3 is 14.8 Å². The molecule has 1 aromatic rings. The molecule has 1 amide bonds. The molecule has 0 aromatic heterocycles. The average Bonchev–Trinajstić information content (AvgIpc) is 2.37. The summed E-state index contributed by atoms with van der Waals surface area (Å²) in [6.45, 7) is 3.25. The molecule has 0 fully saturated rings. The fraction of sp³-hybridized carbons (Fsp3) is 0.462. The number of nitrogens with one attached hydrogen (secondary N) is 1. The number of benzene rings is 1. The lowest BCUT2D eigenvalue weighted by Crippen LogP contribution is -2.14. The van der Waals surface area contributed by atoms with Crippen LogP contribution in [0.4, 0.5) is 5.69 Å². The van der Waals surface area contributed by atoms with Crippen molar-refractivity contribution in [3.8, 4) is 5.75 Å². The number of methoxy groups -OCH3 is 1. The fourth-order valence-corrected chi connectivity index (χ4v) is 1.99. The Morgan fingerprint density at radius 1 is 1.33 bits per heavy atom. The summed E-state index contributed by atoms with van der Waals surface area (Å²) >= 11 is 1.55. The summed E-state index contributed by atoms with van der Waals surface area (Å²) in [6, 6.07) is 7.36. The molecule has 0 radical (unpaired) electrons. The summed E-state index contributed by atoms with van der Waals surface area (Å²) in [6.07, 6.45) is 0. The first-order valence-corrected chi connectivity index (χ1v) is 7.01. The molecule has 5 heteroatoms. The van der Waals surface area contributed by atoms with Crippen LogP contribution in [0.15, 0.2) is 24.3 Å². The standard InChI is InChI=1S/C13H19NO3S/c1-3-17-12-6-4-11(5-7-12)14-13(15)10-18-9-8-16-2/h4-7H,3,8-10H2,1-2H3,(H,14,15). The highest BCUT2D eigenvalue weighted by Gasteiger charge is 2.02. The molecular formula is C13H19NO3S. The van der Waals surface area contributed by atoms with Crippen molar-refractivity contribution in [1.82, 2.24) is 0 Å². The molecule has 1 N–H and O–H groups in total. The summed E-state index contributed by atoms with van der Waals surface area (Å²) in [5, 5.41) is 2.83. The Bertz CT molecular complexity index is 354. The van der Waals surface area contributed by atoms with E-state index >= 15 is 0 Å². The first-order valence-electron chi connectivity index (χ1n) is 5.85. The van der Waals surface area contributed by atoms with E-state index in [1.807, 2.05) is 31.2 Å². The average molecular weight is 269 g/mol. The molecule has 0 aliphatic heterocycles. The van der Waals surface area contributed by atoms with Crippen molar-refractivity contribution in [1.29, 1.82) is 0 Å². The largest absolute Gasteiger partial charge is 0.494 e. The van der Waals surface area contributed by atoms with E-state index in [9.17, 15) is 4.79 Å². The third-order valence-electron chi connectivity index (χ3n) is 2.11. The van der Waals surface area contributed by atoms with E-state index in [0.717, 1.165) is 17.2 Å². The lowest BCUT2D eigenvalue weighted by atomic mass is 10.3. The zero-order valence-electron chi connectivity index (χ0n) is 10.8. The van der Waals surface area contributed by atoms with Gasteiger partial charge in [-0.2, -0.15) is 0 Å². The maximum absolute atomic E-state index is 11.6. The minimum absolute atomic E-state index is 0.000243. The highest BCUT2D eigenvalue weighted by Crippen LogP contribution is 2.15. The Labute approximate surface area is 112 Å². The Kier molecular flexibility index (Phi) is 7.29. The second-order valence-corrected chi connectivity index (χ2v) is 4.66. The van der Waals surface area contributed by atoms with Crippen molar-refractivity contribution in [3.63, 3.8) is 0 Å². The molecule has 0 heterocycles. The number of hydrogen-bond acceptors (Lipinski definition) is 4. The van der Waals surface area contributed by atoms with Gasteiger partial charge in [-0.05, 0) is 31.2 Å². The molecule has 18 heavy (non-hydrogen) atoms. The van der Waals surface area contributed by atoms with Crippen LogP contribution in [-0.4, -0.2) is 37.7 Å². The lowest BCUT2D eigenvalue weighted by Gasteiger charge is -2.07. The van der Waals surface area contributed by atoms with Crippen molar-refractivity contribution < 1.29 is 14.3 Å². The summed E-state index contributed by atoms with van der Waals surface area (Å²) in [7, 11) is 1.65. The molecule has 0 atom stereocenters. The predicted molar refractivity (Wildman–Crippen MR) is 75.4 cm³/mol. The monoisotopic (exact) mass is 269 g/mol. The number of hydrogen-bond donors (Lipinski definition) is 1. The molecule has 1 rings (SSSR count). The van der Waals surface area contributed by atoms with E-state index < -0.39 is 0 Å². The quantitative estimate of drug-likeness (QED) is 0.736. The highest BCUT2D eigenvalue weighted by molar-refractivity contribution is 7.99. The van der Waals surface area contributed by atoms with Crippen molar-refractivity contribution in [2.45, 2.75) is 6.92 Å². The van der Waals surface area contributed by atoms with Crippen molar-refractivity contribution in [2.75, 3.05) is 37.1 Å². The maximum atomic E-state index is 11.6. The van der Waals surface area contributed by atoms with E-state index in [1.54, 1.807) is 18.9 Å². The normalized spacial score (nSPS) is 10.1. The fourth-order valence-electron chi connectivity index (χ4n) is 1.31. The molecule has 1 aromatic carbocycles. The number of rotatable bonds is 8. The number of thioether (sulfide) groups is 1. The number of anilines is 1. The van der Waals surface area contributed by atoms with Gasteiger partial charge in [0.15, 0.2) is 0 Å². The molecule has 0 aliphatic rings. The van der Waals surface area contributed by atoms with Crippen molar-refractivity contribution >= 4 is 23.4 Å². The Balaban J connectivity index is 2.30. The summed E-state index contributed by atoms with van der Waals surface area (Å²) in [4.78, 5) is 11.6. The van der Waals surface area contributed by atoms with Crippen LogP contribution in [0.5, 0.6) is 5.75 Å². The van der Waals surface area contributed by atoms with E-state index in [2.05, 4.69) is 5.32 Å². The van der Waals surface area contributed by atoms with Gasteiger partial charge in [-0.25, -0.2) is 0 Å². The Morgan fingerprint density at radius 2 is 2.06 bits per heavy atom. The summed E-state index contributed by atoms with van der Waals surface area (Å²) < 4.78 is 10.2. The number of ether oxygens (including phenoxy) is 2. The third-order valence-corrected chi connectivity index (χ3v) is 3.04. The van der Waals surface area contributed by atoms with Crippen LogP contribution in [0.1, 0.15) is 6.92 Å². The minimum Gasteiger partial charge on any atom is -0.494 e. The smallest absolute Gasteiger partial charge is 0.234 e. The zero-order chi connectivity index (χ0) is 13.2. The number of amides is 1. The SMILES string of the molecule is CCOc1ccc(NC(=O)CSCCOC)cc1. The predicted octanol–water partition coefficient (Wildman–Crippen LogP) is 2.40. The van der Waals surface area contributed by atoms with Gasteiger partial charge in [0.05, 0.1) is 19.0 Å². The summed E-state index contributed by atoms with van der Waals surface area (Å²) in [5.41, 5.74) is 0.788. The van der Waals surface area contributed by atoms with Crippen molar-refractivity contribution in [3.05, 3.63) is 24.3 Å². The zero-order valence-corrected chi connectivity index (χ0v) is 11.6. The van der Waals surface area contributed by atoms with Gasteiger partial charge in [0.1, 0.15) is 5.75 Å². The molecule has 0 bridgehead atoms. The van der Waals surface area contributed by atoms with Crippen LogP contribution >= 0.6 is 11.8 Å². The van der Waals surface area contributed by atoms with E-state index in [4.69, 9.17) is 9.47 Å². The molecule has 0 saturated heterocycles. The maximum Gasteiger partial charge on any atom is 0.234 e. The number of carbonyl (C=O) groups is 1. The second-order valence-electron chi connectivity index (χ2n) is 3.55. The van der Waals surface area contributed by atoms with Gasteiger partial charge in [0.2, 0.25) is 5.91 Å².